The van der Waals surface area contributed by atoms with Crippen LogP contribution < -0.4 is 0 Å². The van der Waals surface area contributed by atoms with E-state index in [4.69, 9.17) is 0 Å². The Balaban J connectivity index is 2.20. The maximum absolute atomic E-state index is 4.25. The summed E-state index contributed by atoms with van der Waals surface area (Å²) in [5.74, 6) is 1.02. The van der Waals surface area contributed by atoms with Gasteiger partial charge in [-0.3, -0.25) is 4.98 Å². The molecule has 3 nitrogen and oxygen atoms in total. The molecule has 0 N–H and O–H groups in total. The molecule has 0 saturated carbocycles. The summed E-state index contributed by atoms with van der Waals surface area (Å²) >= 11 is 0. The predicted molar refractivity (Wildman–Crippen MR) is 50.3 cm³/mol. The third-order valence-electron chi connectivity index (χ3n) is 1.98. The Labute approximate surface area is 77.1 Å². The number of aryl methyl sites for hydroxylation is 1. The standard InChI is InChI=1S/C10H11N3/c1-9-11-6-7-13(9)8-10-4-2-3-5-12-10/h2-7H,8H2,1H3. The lowest BCUT2D eigenvalue weighted by Crippen LogP contribution is -2.01. The van der Waals surface area contributed by atoms with Gasteiger partial charge in [-0.1, -0.05) is 6.07 Å². The van der Waals surface area contributed by atoms with Gasteiger partial charge in [-0.2, -0.15) is 0 Å². The van der Waals surface area contributed by atoms with Crippen LogP contribution in [0.25, 0.3) is 0 Å². The van der Waals surface area contributed by atoms with E-state index in [1.165, 1.54) is 0 Å². The second kappa shape index (κ2) is 3.39. The van der Waals surface area contributed by atoms with Gasteiger partial charge < -0.3 is 4.57 Å². The highest BCUT2D eigenvalue weighted by Crippen LogP contribution is 2.01. The Morgan fingerprint density at radius 3 is 2.77 bits per heavy atom. The van der Waals surface area contributed by atoms with E-state index in [0.29, 0.717) is 0 Å². The topological polar surface area (TPSA) is 30.7 Å². The Kier molecular flexibility index (Phi) is 2.08. The molecule has 0 aliphatic heterocycles. The van der Waals surface area contributed by atoms with Crippen molar-refractivity contribution in [3.8, 4) is 0 Å². The molecule has 66 valence electrons. The van der Waals surface area contributed by atoms with Gasteiger partial charge in [-0.25, -0.2) is 4.98 Å². The number of rotatable bonds is 2. The van der Waals surface area contributed by atoms with Gasteiger partial charge in [0.1, 0.15) is 5.82 Å². The van der Waals surface area contributed by atoms with Gasteiger partial charge in [0.25, 0.3) is 0 Å². The van der Waals surface area contributed by atoms with Gasteiger partial charge in [0.15, 0.2) is 0 Å². The Morgan fingerprint density at radius 1 is 1.23 bits per heavy atom. The molecule has 13 heavy (non-hydrogen) atoms. The van der Waals surface area contributed by atoms with Crippen LogP contribution in [0.2, 0.25) is 0 Å². The Bertz CT molecular complexity index is 378. The molecular formula is C10H11N3. The van der Waals surface area contributed by atoms with Gasteiger partial charge in [-0.05, 0) is 19.1 Å². The molecule has 2 heterocycles. The summed E-state index contributed by atoms with van der Waals surface area (Å²) in [6.45, 7) is 2.79. The number of pyridine rings is 1. The molecule has 0 amide bonds. The molecule has 0 radical (unpaired) electrons. The van der Waals surface area contributed by atoms with Crippen LogP contribution in [0.5, 0.6) is 0 Å². The summed E-state index contributed by atoms with van der Waals surface area (Å²) in [6, 6.07) is 5.93. The van der Waals surface area contributed by atoms with Crippen molar-refractivity contribution in [1.82, 2.24) is 14.5 Å². The van der Waals surface area contributed by atoms with Crippen LogP contribution in [0.4, 0.5) is 0 Å². The first-order valence-corrected chi connectivity index (χ1v) is 4.24. The summed E-state index contributed by atoms with van der Waals surface area (Å²) in [6.07, 6.45) is 5.57. The first-order chi connectivity index (χ1) is 6.36. The quantitative estimate of drug-likeness (QED) is 0.691. The van der Waals surface area contributed by atoms with E-state index >= 15 is 0 Å². The van der Waals surface area contributed by atoms with E-state index in [-0.39, 0.29) is 0 Å². The lowest BCUT2D eigenvalue weighted by Gasteiger charge is -2.02. The zero-order valence-corrected chi connectivity index (χ0v) is 7.51. The van der Waals surface area contributed by atoms with Crippen molar-refractivity contribution >= 4 is 0 Å². The predicted octanol–water partition coefficient (Wildman–Crippen LogP) is 1.63. The lowest BCUT2D eigenvalue weighted by atomic mass is 10.3. The third kappa shape index (κ3) is 1.75. The molecular weight excluding hydrogens is 162 g/mol. The second-order valence-electron chi connectivity index (χ2n) is 2.92. The van der Waals surface area contributed by atoms with Crippen molar-refractivity contribution in [2.45, 2.75) is 13.5 Å². The third-order valence-corrected chi connectivity index (χ3v) is 1.98. The summed E-state index contributed by atoms with van der Waals surface area (Å²) in [5.41, 5.74) is 1.06. The summed E-state index contributed by atoms with van der Waals surface area (Å²) in [4.78, 5) is 8.39. The van der Waals surface area contributed by atoms with Crippen LogP contribution in [0.3, 0.4) is 0 Å². The molecule has 0 aliphatic carbocycles. The lowest BCUT2D eigenvalue weighted by molar-refractivity contribution is 0.742. The zero-order chi connectivity index (χ0) is 9.10. The van der Waals surface area contributed by atoms with Crippen LogP contribution >= 0.6 is 0 Å². The summed E-state index contributed by atoms with van der Waals surface area (Å²) in [5, 5.41) is 0. The molecule has 0 saturated heterocycles. The minimum absolute atomic E-state index is 0.798. The van der Waals surface area contributed by atoms with Crippen molar-refractivity contribution in [1.29, 1.82) is 0 Å². The van der Waals surface area contributed by atoms with E-state index in [1.807, 2.05) is 37.5 Å². The second-order valence-corrected chi connectivity index (χ2v) is 2.92. The van der Waals surface area contributed by atoms with Crippen LogP contribution in [0.1, 0.15) is 11.5 Å². The highest BCUT2D eigenvalue weighted by Gasteiger charge is 1.97. The van der Waals surface area contributed by atoms with Crippen molar-refractivity contribution in [2.24, 2.45) is 0 Å². The van der Waals surface area contributed by atoms with Crippen LogP contribution in [-0.4, -0.2) is 14.5 Å². The fraction of sp³-hybridized carbons (Fsp3) is 0.200. The molecule has 0 aromatic carbocycles. The molecule has 0 spiro atoms. The number of hydrogen-bond donors (Lipinski definition) is 0. The minimum atomic E-state index is 0.798. The molecule has 2 aromatic heterocycles. The maximum Gasteiger partial charge on any atom is 0.105 e. The average molecular weight is 173 g/mol. The largest absolute Gasteiger partial charge is 0.329 e. The first-order valence-electron chi connectivity index (χ1n) is 4.24. The van der Waals surface area contributed by atoms with Gasteiger partial charge in [0, 0.05) is 18.6 Å². The van der Waals surface area contributed by atoms with Crippen LogP contribution in [0.15, 0.2) is 36.8 Å². The number of nitrogens with zero attached hydrogens (tertiary/aromatic N) is 3. The Hall–Kier alpha value is -1.64. The molecule has 0 bridgehead atoms. The number of imidazole rings is 1. The number of aromatic nitrogens is 3. The fourth-order valence-electron chi connectivity index (χ4n) is 1.24. The normalized spacial score (nSPS) is 10.2. The van der Waals surface area contributed by atoms with Crippen molar-refractivity contribution in [3.05, 3.63) is 48.3 Å². The van der Waals surface area contributed by atoms with Crippen LogP contribution in [0, 0.1) is 6.92 Å². The highest BCUT2D eigenvalue weighted by atomic mass is 15.1. The smallest absolute Gasteiger partial charge is 0.105 e. The molecule has 3 heteroatoms. The molecule has 0 unspecified atom stereocenters. The number of hydrogen-bond acceptors (Lipinski definition) is 2. The fourth-order valence-corrected chi connectivity index (χ4v) is 1.24. The summed E-state index contributed by atoms with van der Waals surface area (Å²) < 4.78 is 2.07. The van der Waals surface area contributed by atoms with Gasteiger partial charge in [0.05, 0.1) is 12.2 Å². The van der Waals surface area contributed by atoms with Gasteiger partial charge in [-0.15, -0.1) is 0 Å². The molecule has 0 fully saturated rings. The van der Waals surface area contributed by atoms with Gasteiger partial charge >= 0.3 is 0 Å². The van der Waals surface area contributed by atoms with Gasteiger partial charge in [0.2, 0.25) is 0 Å². The van der Waals surface area contributed by atoms with E-state index in [0.717, 1.165) is 18.1 Å². The molecule has 2 rings (SSSR count). The van der Waals surface area contributed by atoms with E-state index in [9.17, 15) is 0 Å². The van der Waals surface area contributed by atoms with Crippen LogP contribution in [-0.2, 0) is 6.54 Å². The Morgan fingerprint density at radius 2 is 2.15 bits per heavy atom. The average Bonchev–Trinajstić information content (AvgIpc) is 2.54. The van der Waals surface area contributed by atoms with Crippen molar-refractivity contribution in [2.75, 3.05) is 0 Å². The summed E-state index contributed by atoms with van der Waals surface area (Å²) in [7, 11) is 0. The first kappa shape index (κ1) is 7.98. The highest BCUT2D eigenvalue weighted by molar-refractivity contribution is 5.05. The van der Waals surface area contributed by atoms with E-state index in [1.54, 1.807) is 6.20 Å². The molecule has 0 atom stereocenters. The van der Waals surface area contributed by atoms with Crippen molar-refractivity contribution in [3.63, 3.8) is 0 Å². The van der Waals surface area contributed by atoms with E-state index < -0.39 is 0 Å². The van der Waals surface area contributed by atoms with E-state index in [2.05, 4.69) is 14.5 Å². The zero-order valence-electron chi connectivity index (χ0n) is 7.51. The SMILES string of the molecule is Cc1nccn1Cc1ccccn1. The molecule has 2 aromatic rings. The maximum atomic E-state index is 4.25. The molecule has 0 aliphatic rings. The van der Waals surface area contributed by atoms with Crippen molar-refractivity contribution < 1.29 is 0 Å². The monoisotopic (exact) mass is 173 g/mol. The minimum Gasteiger partial charge on any atom is -0.329 e.